The van der Waals surface area contributed by atoms with Crippen molar-refractivity contribution in [1.82, 2.24) is 20.1 Å². The van der Waals surface area contributed by atoms with Crippen molar-refractivity contribution >= 4 is 34.5 Å². The molecule has 0 saturated carbocycles. The van der Waals surface area contributed by atoms with Gasteiger partial charge < -0.3 is 30.8 Å². The molecular formula is C27H27FN6O4. The molecule has 4 aromatic rings. The summed E-state index contributed by atoms with van der Waals surface area (Å²) in [6.07, 6.45) is 1.60. The van der Waals surface area contributed by atoms with Gasteiger partial charge >= 0.3 is 6.03 Å². The number of fused-ring (bicyclic) bond motifs is 2. The summed E-state index contributed by atoms with van der Waals surface area (Å²) in [4.78, 5) is 28.6. The maximum Gasteiger partial charge on any atom is 0.319 e. The number of aryl methyl sites for hydroxylation is 2. The van der Waals surface area contributed by atoms with Crippen molar-refractivity contribution in [1.29, 1.82) is 0 Å². The molecule has 10 nitrogen and oxygen atoms in total. The number of aromatic amines is 1. The number of carbonyl (C=O) groups is 2. The number of nitrogens with zero attached hydrogens (tertiary/aromatic N) is 2. The second-order valence-electron chi connectivity index (χ2n) is 8.94. The third kappa shape index (κ3) is 4.26. The molecule has 1 aliphatic heterocycles. The van der Waals surface area contributed by atoms with Gasteiger partial charge in [0.15, 0.2) is 11.6 Å². The molecule has 38 heavy (non-hydrogen) atoms. The summed E-state index contributed by atoms with van der Waals surface area (Å²) in [5.41, 5.74) is 9.99. The van der Waals surface area contributed by atoms with Crippen LogP contribution in [0.5, 0.6) is 11.5 Å². The molecule has 2 amide bonds. The fraction of sp³-hybridized carbons (Fsp3) is 0.222. The van der Waals surface area contributed by atoms with Crippen molar-refractivity contribution in [3.63, 3.8) is 0 Å². The Kier molecular flexibility index (Phi) is 6.37. The molecule has 5 rings (SSSR count). The highest BCUT2D eigenvalue weighted by atomic mass is 19.1. The number of H-pyrrole nitrogens is 1. The van der Waals surface area contributed by atoms with Crippen LogP contribution in [0.25, 0.3) is 28.2 Å². The zero-order valence-corrected chi connectivity index (χ0v) is 21.4. The topological polar surface area (TPSA) is 136 Å². The monoisotopic (exact) mass is 518 g/mol. The first-order chi connectivity index (χ1) is 18.2. The Labute approximate surface area is 217 Å². The number of ketones is 1. The van der Waals surface area contributed by atoms with Crippen LogP contribution >= 0.6 is 0 Å². The fourth-order valence-electron chi connectivity index (χ4n) is 4.61. The average Bonchev–Trinajstić information content (AvgIpc) is 3.49. The lowest BCUT2D eigenvalue weighted by Gasteiger charge is -2.07. The van der Waals surface area contributed by atoms with Gasteiger partial charge in [0, 0.05) is 54.1 Å². The van der Waals surface area contributed by atoms with Crippen molar-refractivity contribution in [2.24, 2.45) is 12.8 Å². The molecule has 5 N–H and O–H groups in total. The number of amides is 2. The molecule has 0 atom stereocenters. The summed E-state index contributed by atoms with van der Waals surface area (Å²) in [5, 5.41) is 10.3. The summed E-state index contributed by atoms with van der Waals surface area (Å²) in [6.45, 7) is 4.41. The number of rotatable bonds is 6. The molecule has 0 aliphatic carbocycles. The van der Waals surface area contributed by atoms with Gasteiger partial charge in [0.05, 0.1) is 29.6 Å². The summed E-state index contributed by atoms with van der Waals surface area (Å²) in [5.74, 6) is -0.0999. The Hall–Kier alpha value is -4.64. The van der Waals surface area contributed by atoms with Crippen LogP contribution in [0.3, 0.4) is 0 Å². The number of anilines is 1. The third-order valence-corrected chi connectivity index (χ3v) is 6.50. The van der Waals surface area contributed by atoms with Gasteiger partial charge in [-0.1, -0.05) is 0 Å². The van der Waals surface area contributed by atoms with Crippen LogP contribution in [0.15, 0.2) is 36.1 Å². The van der Waals surface area contributed by atoms with Gasteiger partial charge in [0.1, 0.15) is 11.5 Å². The van der Waals surface area contributed by atoms with Crippen LogP contribution in [0.2, 0.25) is 0 Å². The van der Waals surface area contributed by atoms with Crippen LogP contribution < -0.4 is 25.8 Å². The standard InChI is InChI=1S/C27H27FN6O4/c1-13-23(14(2)34(3)33-13)25-18(17-10-16(37-4)11-20(28)24(17)32-25)12-22-26(35)19-9-15(5-6-21(19)38-22)31-27(36)30-8-7-29/h5-6,9-12,32H,7-8,29H2,1-4H3,(H2,30,31,36). The number of methoxy groups -OCH3 is 1. The average molecular weight is 519 g/mol. The van der Waals surface area contributed by atoms with E-state index < -0.39 is 11.8 Å². The number of Topliss-reactive ketones (excluding diaryl/α,β-unsaturated/α-hetero) is 1. The number of hydrogen-bond donors (Lipinski definition) is 4. The first-order valence-corrected chi connectivity index (χ1v) is 11.9. The van der Waals surface area contributed by atoms with E-state index in [2.05, 4.69) is 20.7 Å². The molecule has 1 aliphatic rings. The largest absolute Gasteiger partial charge is 0.497 e. The van der Waals surface area contributed by atoms with Crippen LogP contribution in [0, 0.1) is 19.7 Å². The van der Waals surface area contributed by atoms with E-state index in [9.17, 15) is 9.59 Å². The number of carbonyl (C=O) groups excluding carboxylic acids is 2. The highest BCUT2D eigenvalue weighted by Gasteiger charge is 2.30. The first-order valence-electron chi connectivity index (χ1n) is 11.9. The van der Waals surface area contributed by atoms with Gasteiger partial charge in [0.25, 0.3) is 0 Å². The molecule has 2 aromatic carbocycles. The highest BCUT2D eigenvalue weighted by molar-refractivity contribution is 6.16. The second kappa shape index (κ2) is 9.67. The Morgan fingerprint density at radius 2 is 2.08 bits per heavy atom. The first kappa shape index (κ1) is 25.0. The van der Waals surface area contributed by atoms with Gasteiger partial charge in [-0.15, -0.1) is 0 Å². The maximum atomic E-state index is 15.1. The molecule has 3 heterocycles. The number of allylic oxidation sites excluding steroid dienone is 1. The molecule has 0 unspecified atom stereocenters. The van der Waals surface area contributed by atoms with Crippen LogP contribution in [-0.4, -0.2) is 46.8 Å². The molecular weight excluding hydrogens is 491 g/mol. The van der Waals surface area contributed by atoms with E-state index in [1.807, 2.05) is 20.9 Å². The van der Waals surface area contributed by atoms with Crippen molar-refractivity contribution in [3.05, 3.63) is 64.4 Å². The van der Waals surface area contributed by atoms with E-state index in [0.717, 1.165) is 17.0 Å². The molecule has 0 bridgehead atoms. The van der Waals surface area contributed by atoms with Crippen molar-refractivity contribution in [2.75, 3.05) is 25.5 Å². The summed E-state index contributed by atoms with van der Waals surface area (Å²) in [6, 6.07) is 7.37. The minimum absolute atomic E-state index is 0.0642. The van der Waals surface area contributed by atoms with Crippen LogP contribution in [-0.2, 0) is 7.05 Å². The smallest absolute Gasteiger partial charge is 0.319 e. The number of urea groups is 1. The van der Waals surface area contributed by atoms with Gasteiger partial charge in [-0.05, 0) is 44.2 Å². The van der Waals surface area contributed by atoms with E-state index in [-0.39, 0.29) is 17.1 Å². The quantitative estimate of drug-likeness (QED) is 0.285. The zero-order valence-electron chi connectivity index (χ0n) is 21.4. The van der Waals surface area contributed by atoms with Crippen molar-refractivity contribution in [3.8, 4) is 22.8 Å². The van der Waals surface area contributed by atoms with Crippen LogP contribution in [0.4, 0.5) is 14.9 Å². The number of ether oxygens (including phenoxy) is 2. The summed E-state index contributed by atoms with van der Waals surface area (Å²) in [7, 11) is 3.29. The zero-order chi connectivity index (χ0) is 27.1. The summed E-state index contributed by atoms with van der Waals surface area (Å²) < 4.78 is 28.0. The lowest BCUT2D eigenvalue weighted by Crippen LogP contribution is -2.32. The molecule has 0 spiro atoms. The molecule has 11 heteroatoms. The second-order valence-corrected chi connectivity index (χ2v) is 8.94. The number of nitrogens with two attached hydrogens (primary N) is 1. The van der Waals surface area contributed by atoms with Gasteiger partial charge in [-0.2, -0.15) is 5.10 Å². The normalized spacial score (nSPS) is 13.6. The summed E-state index contributed by atoms with van der Waals surface area (Å²) >= 11 is 0. The van der Waals surface area contributed by atoms with E-state index in [1.54, 1.807) is 35.0 Å². The number of aromatic nitrogens is 3. The number of halogens is 1. The van der Waals surface area contributed by atoms with E-state index in [1.165, 1.54) is 13.2 Å². The van der Waals surface area contributed by atoms with Gasteiger partial charge in [0.2, 0.25) is 5.78 Å². The minimum atomic E-state index is -0.491. The molecule has 0 fully saturated rings. The van der Waals surface area contributed by atoms with E-state index in [4.69, 9.17) is 15.2 Å². The molecule has 196 valence electrons. The van der Waals surface area contributed by atoms with Crippen molar-refractivity contribution in [2.45, 2.75) is 13.8 Å². The third-order valence-electron chi connectivity index (χ3n) is 6.50. The minimum Gasteiger partial charge on any atom is -0.497 e. The SMILES string of the molecule is COc1cc(F)c2[nH]c(-c3c(C)nn(C)c3C)c(C=C3Oc4ccc(NC(=O)NCCN)cc4C3=O)c2c1. The Morgan fingerprint density at radius 1 is 1.29 bits per heavy atom. The molecule has 0 saturated heterocycles. The lowest BCUT2D eigenvalue weighted by molar-refractivity contribution is 0.101. The van der Waals surface area contributed by atoms with E-state index >= 15 is 4.39 Å². The molecule has 0 radical (unpaired) electrons. The maximum absolute atomic E-state index is 15.1. The van der Waals surface area contributed by atoms with E-state index in [0.29, 0.717) is 52.5 Å². The Balaban J connectivity index is 1.61. The predicted molar refractivity (Wildman–Crippen MR) is 142 cm³/mol. The fourth-order valence-corrected chi connectivity index (χ4v) is 4.61. The Morgan fingerprint density at radius 3 is 2.76 bits per heavy atom. The molecule has 2 aromatic heterocycles. The number of benzene rings is 2. The number of nitrogens with one attached hydrogen (secondary N) is 3. The van der Waals surface area contributed by atoms with Gasteiger partial charge in [-0.25, -0.2) is 9.18 Å². The highest BCUT2D eigenvalue weighted by Crippen LogP contribution is 2.40. The lowest BCUT2D eigenvalue weighted by atomic mass is 10.0. The van der Waals surface area contributed by atoms with Crippen molar-refractivity contribution < 1.29 is 23.5 Å². The van der Waals surface area contributed by atoms with Gasteiger partial charge in [-0.3, -0.25) is 9.48 Å². The Bertz CT molecular complexity index is 1630. The number of hydrogen-bond acceptors (Lipinski definition) is 6. The van der Waals surface area contributed by atoms with Crippen LogP contribution in [0.1, 0.15) is 27.3 Å². The predicted octanol–water partition coefficient (Wildman–Crippen LogP) is 4.03.